The van der Waals surface area contributed by atoms with Gasteiger partial charge in [-0.3, -0.25) is 0 Å². The van der Waals surface area contributed by atoms with E-state index in [-0.39, 0.29) is 5.56 Å². The minimum atomic E-state index is -1.87. The van der Waals surface area contributed by atoms with E-state index in [1.165, 1.54) is 57.8 Å². The number of halogens is 5. The third-order valence-electron chi connectivity index (χ3n) is 8.24. The first-order valence-corrected chi connectivity index (χ1v) is 14.2. The molecule has 0 atom stereocenters. The zero-order valence-electron chi connectivity index (χ0n) is 22.7. The molecule has 0 radical (unpaired) electrons. The predicted molar refractivity (Wildman–Crippen MR) is 147 cm³/mol. The van der Waals surface area contributed by atoms with Crippen molar-refractivity contribution in [1.82, 2.24) is 0 Å². The zero-order valence-corrected chi connectivity index (χ0v) is 22.7. The van der Waals surface area contributed by atoms with E-state index in [1.807, 2.05) is 12.1 Å². The lowest BCUT2D eigenvalue weighted by atomic mass is 9.77. The minimum Gasteiger partial charge on any atom is -0.477 e. The molecule has 0 heterocycles. The molecule has 1 N–H and O–H groups in total. The molecule has 40 heavy (non-hydrogen) atoms. The molecule has 0 spiro atoms. The van der Waals surface area contributed by atoms with Gasteiger partial charge in [-0.1, -0.05) is 89.0 Å². The van der Waals surface area contributed by atoms with Gasteiger partial charge in [-0.2, -0.15) is 0 Å². The Morgan fingerprint density at radius 3 is 1.93 bits per heavy atom. The largest absolute Gasteiger partial charge is 0.477 e. The molecule has 3 aromatic carbocycles. The first-order valence-electron chi connectivity index (χ1n) is 14.2. The Kier molecular flexibility index (Phi) is 9.99. The number of hydrogen-bond acceptors (Lipinski definition) is 1. The fourth-order valence-electron chi connectivity index (χ4n) is 5.92. The van der Waals surface area contributed by atoms with Crippen LogP contribution < -0.4 is 0 Å². The van der Waals surface area contributed by atoms with E-state index in [9.17, 15) is 27.5 Å². The number of hydrogen-bond donors (Lipinski definition) is 1. The van der Waals surface area contributed by atoms with Crippen molar-refractivity contribution in [2.45, 2.75) is 77.6 Å². The van der Waals surface area contributed by atoms with Gasteiger partial charge in [0.25, 0.3) is 0 Å². The van der Waals surface area contributed by atoms with Crippen molar-refractivity contribution in [3.63, 3.8) is 0 Å². The third-order valence-corrected chi connectivity index (χ3v) is 8.24. The standard InChI is InChI=1S/C33H35F5O2/c1-2-3-4-5-6-20-7-9-21(10-8-20)11-12-22-13-15-23(16-14-22)25-19-26(34)30(33(39)40)32(38)29(25)24-17-27(35)31(37)28(36)18-24/h13-21H,2-12H2,1H3,(H,39,40). The molecule has 0 aromatic heterocycles. The van der Waals surface area contributed by atoms with Gasteiger partial charge in [0.15, 0.2) is 17.5 Å². The van der Waals surface area contributed by atoms with E-state index in [0.29, 0.717) is 23.6 Å². The van der Waals surface area contributed by atoms with Crippen molar-refractivity contribution >= 4 is 5.97 Å². The Bertz CT molecular complexity index is 1300. The first-order chi connectivity index (χ1) is 19.2. The summed E-state index contributed by atoms with van der Waals surface area (Å²) in [4.78, 5) is 11.5. The van der Waals surface area contributed by atoms with E-state index in [1.54, 1.807) is 12.1 Å². The average molecular weight is 559 g/mol. The van der Waals surface area contributed by atoms with Crippen molar-refractivity contribution in [3.05, 3.63) is 82.7 Å². The normalized spacial score (nSPS) is 17.2. The monoisotopic (exact) mass is 558 g/mol. The van der Waals surface area contributed by atoms with E-state index >= 15 is 4.39 Å². The Labute approximate surface area is 232 Å². The van der Waals surface area contributed by atoms with Gasteiger partial charge in [-0.05, 0) is 65.1 Å². The summed E-state index contributed by atoms with van der Waals surface area (Å²) < 4.78 is 71.6. The SMILES string of the molecule is CCCCCCC1CCC(CCc2ccc(-c3cc(F)c(C(=O)O)c(F)c3-c3cc(F)c(F)c(F)c3)cc2)CC1. The fraction of sp³-hybridized carbons (Fsp3) is 0.424. The number of aromatic carboxylic acids is 1. The Balaban J connectivity index is 1.50. The molecule has 1 aliphatic rings. The van der Waals surface area contributed by atoms with Gasteiger partial charge in [0, 0.05) is 5.56 Å². The van der Waals surface area contributed by atoms with Crippen LogP contribution in [0.25, 0.3) is 22.3 Å². The number of carboxylic acids is 1. The molecule has 214 valence electrons. The van der Waals surface area contributed by atoms with Crippen molar-refractivity contribution in [2.24, 2.45) is 11.8 Å². The topological polar surface area (TPSA) is 37.3 Å². The van der Waals surface area contributed by atoms with E-state index < -0.39 is 51.7 Å². The van der Waals surface area contributed by atoms with Crippen LogP contribution in [0.1, 0.15) is 87.1 Å². The van der Waals surface area contributed by atoms with Gasteiger partial charge in [-0.15, -0.1) is 0 Å². The van der Waals surface area contributed by atoms with Crippen LogP contribution in [0.2, 0.25) is 0 Å². The molecule has 2 nitrogen and oxygen atoms in total. The van der Waals surface area contributed by atoms with E-state index in [0.717, 1.165) is 30.4 Å². The molecular formula is C33H35F5O2. The van der Waals surface area contributed by atoms with Gasteiger partial charge in [0.1, 0.15) is 17.2 Å². The van der Waals surface area contributed by atoms with Crippen molar-refractivity contribution < 1.29 is 31.9 Å². The first kappa shape index (κ1) is 29.8. The Hall–Kier alpha value is -3.22. The minimum absolute atomic E-state index is 0.0887. The van der Waals surface area contributed by atoms with Gasteiger partial charge in [0.2, 0.25) is 0 Å². The van der Waals surface area contributed by atoms with Crippen LogP contribution in [0.4, 0.5) is 22.0 Å². The maximum atomic E-state index is 15.4. The second-order valence-electron chi connectivity index (χ2n) is 11.0. The number of carboxylic acid groups (broad SMARTS) is 1. The summed E-state index contributed by atoms with van der Waals surface area (Å²) in [6.45, 7) is 2.23. The van der Waals surface area contributed by atoms with Crippen LogP contribution in [0.15, 0.2) is 42.5 Å². The average Bonchev–Trinajstić information content (AvgIpc) is 2.93. The summed E-state index contributed by atoms with van der Waals surface area (Å²) in [5.41, 5.74) is -0.908. The van der Waals surface area contributed by atoms with Crippen LogP contribution in [-0.4, -0.2) is 11.1 Å². The zero-order chi connectivity index (χ0) is 28.8. The molecule has 0 unspecified atom stereocenters. The molecule has 1 saturated carbocycles. The molecule has 0 bridgehead atoms. The summed E-state index contributed by atoms with van der Waals surface area (Å²) in [6, 6.07) is 8.94. The number of rotatable bonds is 11. The molecule has 7 heteroatoms. The van der Waals surface area contributed by atoms with Crippen LogP contribution in [-0.2, 0) is 6.42 Å². The maximum Gasteiger partial charge on any atom is 0.341 e. The number of carbonyl (C=O) groups is 1. The Morgan fingerprint density at radius 1 is 0.750 bits per heavy atom. The lowest BCUT2D eigenvalue weighted by Crippen LogP contribution is -2.15. The third kappa shape index (κ3) is 6.91. The molecular weight excluding hydrogens is 523 g/mol. The van der Waals surface area contributed by atoms with E-state index in [4.69, 9.17) is 0 Å². The summed E-state index contributed by atoms with van der Waals surface area (Å²) >= 11 is 0. The highest BCUT2D eigenvalue weighted by Gasteiger charge is 2.27. The second kappa shape index (κ2) is 13.4. The summed E-state index contributed by atoms with van der Waals surface area (Å²) in [5, 5.41) is 9.32. The van der Waals surface area contributed by atoms with Gasteiger partial charge in [-0.25, -0.2) is 26.7 Å². The second-order valence-corrected chi connectivity index (χ2v) is 11.0. The highest BCUT2D eigenvalue weighted by Crippen LogP contribution is 2.39. The van der Waals surface area contributed by atoms with Crippen LogP contribution in [0, 0.1) is 40.9 Å². The van der Waals surface area contributed by atoms with Gasteiger partial charge in [0.05, 0.1) is 0 Å². The van der Waals surface area contributed by atoms with Crippen LogP contribution in [0.3, 0.4) is 0 Å². The summed E-state index contributed by atoms with van der Waals surface area (Å²) in [6.07, 6.45) is 13.5. The molecule has 0 aliphatic heterocycles. The lowest BCUT2D eigenvalue weighted by Gasteiger charge is -2.28. The lowest BCUT2D eigenvalue weighted by molar-refractivity contribution is 0.0686. The van der Waals surface area contributed by atoms with Crippen molar-refractivity contribution in [2.75, 3.05) is 0 Å². The van der Waals surface area contributed by atoms with Crippen molar-refractivity contribution in [1.29, 1.82) is 0 Å². The highest BCUT2D eigenvalue weighted by atomic mass is 19.2. The summed E-state index contributed by atoms with van der Waals surface area (Å²) in [5.74, 6) is -8.03. The predicted octanol–water partition coefficient (Wildman–Crippen LogP) is 10.1. The molecule has 0 amide bonds. The van der Waals surface area contributed by atoms with Gasteiger partial charge >= 0.3 is 5.97 Å². The van der Waals surface area contributed by atoms with E-state index in [2.05, 4.69) is 6.92 Å². The highest BCUT2D eigenvalue weighted by molar-refractivity contribution is 5.94. The van der Waals surface area contributed by atoms with Crippen LogP contribution >= 0.6 is 0 Å². The molecule has 4 rings (SSSR count). The number of aryl methyl sites for hydroxylation is 1. The molecule has 1 aliphatic carbocycles. The summed E-state index contributed by atoms with van der Waals surface area (Å²) in [7, 11) is 0. The molecule has 1 fully saturated rings. The number of benzene rings is 3. The van der Waals surface area contributed by atoms with Crippen LogP contribution in [0.5, 0.6) is 0 Å². The fourth-order valence-corrected chi connectivity index (χ4v) is 5.92. The quantitative estimate of drug-likeness (QED) is 0.144. The number of unbranched alkanes of at least 4 members (excludes halogenated alkanes) is 3. The Morgan fingerprint density at radius 2 is 1.35 bits per heavy atom. The molecule has 3 aromatic rings. The van der Waals surface area contributed by atoms with Crippen molar-refractivity contribution in [3.8, 4) is 22.3 Å². The smallest absolute Gasteiger partial charge is 0.341 e. The maximum absolute atomic E-state index is 15.4. The molecule has 0 saturated heterocycles. The van der Waals surface area contributed by atoms with Gasteiger partial charge < -0.3 is 5.11 Å².